The number of nitrogens with two attached hydrogens (primary N) is 1. The van der Waals surface area contributed by atoms with Crippen molar-refractivity contribution in [1.29, 1.82) is 0 Å². The van der Waals surface area contributed by atoms with E-state index >= 15 is 0 Å². The van der Waals surface area contributed by atoms with Crippen LogP contribution in [-0.4, -0.2) is 42.1 Å². The molecule has 0 spiro atoms. The molecule has 0 radical (unpaired) electrons. The molecule has 30 heavy (non-hydrogen) atoms. The van der Waals surface area contributed by atoms with Crippen LogP contribution in [0.5, 0.6) is 5.75 Å². The molecule has 1 saturated heterocycles. The second-order valence-corrected chi connectivity index (χ2v) is 7.29. The summed E-state index contributed by atoms with van der Waals surface area (Å²) in [5.41, 5.74) is 7.41. The molecule has 1 unspecified atom stereocenters. The molecule has 9 heteroatoms. The molecule has 160 valence electrons. The van der Waals surface area contributed by atoms with Crippen LogP contribution in [0.1, 0.15) is 13.8 Å². The van der Waals surface area contributed by atoms with Gasteiger partial charge in [-0.15, -0.1) is 12.4 Å². The van der Waals surface area contributed by atoms with Gasteiger partial charge in [0.25, 0.3) is 0 Å². The van der Waals surface area contributed by atoms with Gasteiger partial charge in [-0.1, -0.05) is 12.1 Å². The predicted octanol–water partition coefficient (Wildman–Crippen LogP) is 4.01. The van der Waals surface area contributed by atoms with Gasteiger partial charge in [-0.25, -0.2) is 9.37 Å². The maximum absolute atomic E-state index is 14.8. The number of hydrogen-bond acceptors (Lipinski definition) is 7. The Morgan fingerprint density at radius 3 is 2.77 bits per heavy atom. The van der Waals surface area contributed by atoms with E-state index < -0.39 is 5.79 Å². The zero-order chi connectivity index (χ0) is 20.6. The lowest BCUT2D eigenvalue weighted by Crippen LogP contribution is -2.25. The number of fused-ring (bicyclic) bond motifs is 1. The van der Waals surface area contributed by atoms with Crippen molar-refractivity contribution >= 4 is 35.1 Å². The highest BCUT2D eigenvalue weighted by Crippen LogP contribution is 2.35. The van der Waals surface area contributed by atoms with Gasteiger partial charge in [0.2, 0.25) is 5.95 Å². The van der Waals surface area contributed by atoms with Gasteiger partial charge in [0.1, 0.15) is 30.1 Å². The SMILES string of the molecule is CNc1nc(N)nc2cc(-c3c(F)cccc3OCC3COC(C)(C)O3)ccc12.Cl. The number of anilines is 2. The minimum atomic E-state index is -0.637. The molecule has 1 fully saturated rings. The average molecular weight is 435 g/mol. The van der Waals surface area contributed by atoms with E-state index in [0.29, 0.717) is 34.8 Å². The van der Waals surface area contributed by atoms with Gasteiger partial charge < -0.3 is 25.3 Å². The van der Waals surface area contributed by atoms with E-state index in [0.717, 1.165) is 5.39 Å². The van der Waals surface area contributed by atoms with E-state index in [1.54, 1.807) is 25.2 Å². The first-order valence-electron chi connectivity index (χ1n) is 9.35. The molecule has 2 aromatic carbocycles. The van der Waals surface area contributed by atoms with Crippen LogP contribution in [0.15, 0.2) is 36.4 Å². The third-order valence-electron chi connectivity index (χ3n) is 4.71. The van der Waals surface area contributed by atoms with Crippen molar-refractivity contribution in [2.45, 2.75) is 25.7 Å². The number of rotatable bonds is 5. The van der Waals surface area contributed by atoms with E-state index in [9.17, 15) is 4.39 Å². The van der Waals surface area contributed by atoms with Crippen molar-refractivity contribution in [3.63, 3.8) is 0 Å². The minimum Gasteiger partial charge on any atom is -0.490 e. The molecule has 0 bridgehead atoms. The fourth-order valence-electron chi connectivity index (χ4n) is 3.43. The summed E-state index contributed by atoms with van der Waals surface area (Å²) in [6, 6.07) is 10.2. The smallest absolute Gasteiger partial charge is 0.222 e. The van der Waals surface area contributed by atoms with Crippen LogP contribution < -0.4 is 15.8 Å². The summed E-state index contributed by atoms with van der Waals surface area (Å²) >= 11 is 0. The van der Waals surface area contributed by atoms with Gasteiger partial charge in [0.15, 0.2) is 5.79 Å². The van der Waals surface area contributed by atoms with Crippen LogP contribution in [0.2, 0.25) is 0 Å². The molecule has 0 aliphatic carbocycles. The molecule has 3 N–H and O–H groups in total. The molecular formula is C21H24ClFN4O3. The summed E-state index contributed by atoms with van der Waals surface area (Å²) in [5, 5.41) is 3.79. The van der Waals surface area contributed by atoms with Crippen molar-refractivity contribution < 1.29 is 18.6 Å². The maximum Gasteiger partial charge on any atom is 0.222 e. The van der Waals surface area contributed by atoms with Crippen LogP contribution in [0.3, 0.4) is 0 Å². The van der Waals surface area contributed by atoms with Gasteiger partial charge in [-0.05, 0) is 43.7 Å². The van der Waals surface area contributed by atoms with Crippen LogP contribution in [0, 0.1) is 5.82 Å². The highest BCUT2D eigenvalue weighted by molar-refractivity contribution is 5.93. The van der Waals surface area contributed by atoms with Crippen molar-refractivity contribution in [3.8, 4) is 16.9 Å². The van der Waals surface area contributed by atoms with Gasteiger partial charge in [-0.3, -0.25) is 0 Å². The highest BCUT2D eigenvalue weighted by Gasteiger charge is 2.33. The quantitative estimate of drug-likeness (QED) is 0.626. The summed E-state index contributed by atoms with van der Waals surface area (Å²) in [5.74, 6) is 0.159. The lowest BCUT2D eigenvalue weighted by atomic mass is 10.0. The number of nitrogens with one attached hydrogen (secondary N) is 1. The zero-order valence-corrected chi connectivity index (χ0v) is 17.8. The van der Waals surface area contributed by atoms with E-state index in [1.807, 2.05) is 26.0 Å². The third kappa shape index (κ3) is 4.40. The Hall–Kier alpha value is -2.68. The lowest BCUT2D eigenvalue weighted by molar-refractivity contribution is -0.141. The Morgan fingerprint density at radius 1 is 1.27 bits per heavy atom. The van der Waals surface area contributed by atoms with Gasteiger partial charge >= 0.3 is 0 Å². The number of nitrogen functional groups attached to an aromatic ring is 1. The molecule has 0 saturated carbocycles. The molecule has 1 atom stereocenters. The summed E-state index contributed by atoms with van der Waals surface area (Å²) in [7, 11) is 1.76. The largest absolute Gasteiger partial charge is 0.490 e. The topological polar surface area (TPSA) is 91.5 Å². The maximum atomic E-state index is 14.8. The van der Waals surface area contributed by atoms with E-state index in [2.05, 4.69) is 15.3 Å². The molecule has 3 aromatic rings. The first kappa shape index (κ1) is 22.0. The van der Waals surface area contributed by atoms with Crippen molar-refractivity contribution in [3.05, 3.63) is 42.2 Å². The molecular weight excluding hydrogens is 411 g/mol. The lowest BCUT2D eigenvalue weighted by Gasteiger charge is -2.18. The Balaban J connectivity index is 0.00000256. The van der Waals surface area contributed by atoms with E-state index in [1.165, 1.54) is 6.07 Å². The molecule has 2 heterocycles. The Labute approximate surface area is 180 Å². The Kier molecular flexibility index (Phi) is 6.30. The summed E-state index contributed by atoms with van der Waals surface area (Å²) in [6.45, 7) is 4.38. The normalized spacial score (nSPS) is 17.5. The zero-order valence-electron chi connectivity index (χ0n) is 16.9. The van der Waals surface area contributed by atoms with Crippen molar-refractivity contribution in [2.24, 2.45) is 0 Å². The number of nitrogens with zero attached hydrogens (tertiary/aromatic N) is 2. The van der Waals surface area contributed by atoms with Crippen LogP contribution in [-0.2, 0) is 9.47 Å². The van der Waals surface area contributed by atoms with E-state index in [-0.39, 0.29) is 36.9 Å². The van der Waals surface area contributed by atoms with Crippen molar-refractivity contribution in [2.75, 3.05) is 31.3 Å². The number of hydrogen-bond donors (Lipinski definition) is 2. The molecule has 1 aliphatic rings. The number of halogens is 2. The van der Waals surface area contributed by atoms with Crippen LogP contribution in [0.4, 0.5) is 16.2 Å². The first-order valence-corrected chi connectivity index (χ1v) is 9.35. The molecule has 1 aliphatic heterocycles. The number of benzene rings is 2. The second kappa shape index (κ2) is 8.59. The minimum absolute atomic E-state index is 0. The summed E-state index contributed by atoms with van der Waals surface area (Å²) in [4.78, 5) is 8.46. The first-order chi connectivity index (χ1) is 13.9. The van der Waals surface area contributed by atoms with Gasteiger partial charge in [0, 0.05) is 12.4 Å². The fraction of sp³-hybridized carbons (Fsp3) is 0.333. The number of ether oxygens (including phenoxy) is 3. The summed E-state index contributed by atoms with van der Waals surface area (Å²) < 4.78 is 32.0. The van der Waals surface area contributed by atoms with Gasteiger partial charge in [0.05, 0.1) is 17.7 Å². The Morgan fingerprint density at radius 2 is 2.07 bits per heavy atom. The fourth-order valence-corrected chi connectivity index (χ4v) is 3.43. The highest BCUT2D eigenvalue weighted by atomic mass is 35.5. The monoisotopic (exact) mass is 434 g/mol. The Bertz CT molecular complexity index is 1060. The van der Waals surface area contributed by atoms with Crippen molar-refractivity contribution in [1.82, 2.24) is 9.97 Å². The molecule has 7 nitrogen and oxygen atoms in total. The van der Waals surface area contributed by atoms with Gasteiger partial charge in [-0.2, -0.15) is 4.98 Å². The standard InChI is InChI=1S/C21H23FN4O3.ClH/c1-21(2)28-11-13(29-21)10-27-17-6-4-5-15(22)18(17)12-7-8-14-16(9-12)25-20(23)26-19(14)24-3;/h4-9,13H,10-11H2,1-3H3,(H3,23,24,25,26);1H. The molecule has 0 amide bonds. The van der Waals surface area contributed by atoms with Crippen LogP contribution in [0.25, 0.3) is 22.0 Å². The second-order valence-electron chi connectivity index (χ2n) is 7.29. The summed E-state index contributed by atoms with van der Waals surface area (Å²) in [6.07, 6.45) is -0.219. The molecule has 1 aromatic heterocycles. The third-order valence-corrected chi connectivity index (χ3v) is 4.71. The predicted molar refractivity (Wildman–Crippen MR) is 117 cm³/mol. The molecule has 4 rings (SSSR count). The number of aromatic nitrogens is 2. The van der Waals surface area contributed by atoms with E-state index in [4.69, 9.17) is 19.9 Å². The van der Waals surface area contributed by atoms with Crippen LogP contribution >= 0.6 is 12.4 Å². The average Bonchev–Trinajstić information content (AvgIpc) is 3.04.